The average Bonchev–Trinajstić information content (AvgIpc) is 3.11. The molecule has 2 aromatic carbocycles. The van der Waals surface area contributed by atoms with Crippen molar-refractivity contribution in [1.82, 2.24) is 5.16 Å². The first-order valence-corrected chi connectivity index (χ1v) is 8.74. The van der Waals surface area contributed by atoms with Crippen molar-refractivity contribution in [3.8, 4) is 17.0 Å². The molecule has 3 aromatic rings. The minimum atomic E-state index is -0.288. The van der Waals surface area contributed by atoms with E-state index < -0.39 is 0 Å². The fourth-order valence-electron chi connectivity index (χ4n) is 2.48. The Balaban J connectivity index is 1.72. The third-order valence-corrected chi connectivity index (χ3v) is 3.98. The van der Waals surface area contributed by atoms with E-state index in [0.29, 0.717) is 29.5 Å². The van der Waals surface area contributed by atoms with E-state index >= 15 is 0 Å². The van der Waals surface area contributed by atoms with E-state index in [-0.39, 0.29) is 5.91 Å². The van der Waals surface area contributed by atoms with Crippen LogP contribution >= 0.6 is 0 Å². The van der Waals surface area contributed by atoms with Gasteiger partial charge in [0, 0.05) is 11.6 Å². The molecule has 0 radical (unpaired) electrons. The van der Waals surface area contributed by atoms with Gasteiger partial charge >= 0.3 is 0 Å². The molecular weight excluding hydrogens is 328 g/mol. The molecular formula is C21H22N2O3. The third kappa shape index (κ3) is 4.30. The molecule has 0 bridgehead atoms. The van der Waals surface area contributed by atoms with Crippen molar-refractivity contribution in [3.05, 3.63) is 65.7 Å². The van der Waals surface area contributed by atoms with Crippen molar-refractivity contribution >= 4 is 11.8 Å². The predicted octanol–water partition coefficient (Wildman–Crippen LogP) is 5.08. The summed E-state index contributed by atoms with van der Waals surface area (Å²) in [5.74, 6) is 0.578. The topological polar surface area (TPSA) is 64.4 Å². The molecule has 5 heteroatoms. The van der Waals surface area contributed by atoms with E-state index in [4.69, 9.17) is 9.26 Å². The SMILES string of the molecule is CCCCOc1ccccc1C(=O)Nc1cc(-c2ccc(C)cc2)no1. The molecule has 1 aromatic heterocycles. The number of nitrogens with zero attached hydrogens (tertiary/aromatic N) is 1. The van der Waals surface area contributed by atoms with E-state index in [2.05, 4.69) is 17.4 Å². The summed E-state index contributed by atoms with van der Waals surface area (Å²) in [5, 5.41) is 6.77. The summed E-state index contributed by atoms with van der Waals surface area (Å²) in [6.07, 6.45) is 1.98. The maximum Gasteiger partial charge on any atom is 0.261 e. The van der Waals surface area contributed by atoms with Gasteiger partial charge in [0.05, 0.1) is 12.2 Å². The summed E-state index contributed by atoms with van der Waals surface area (Å²) in [7, 11) is 0. The maximum absolute atomic E-state index is 12.6. The van der Waals surface area contributed by atoms with Gasteiger partial charge in [-0.25, -0.2) is 0 Å². The molecule has 0 saturated carbocycles. The number of para-hydroxylation sites is 1. The molecule has 0 unspecified atom stereocenters. The highest BCUT2D eigenvalue weighted by Crippen LogP contribution is 2.24. The van der Waals surface area contributed by atoms with Crippen LogP contribution in [0.1, 0.15) is 35.7 Å². The fourth-order valence-corrected chi connectivity index (χ4v) is 2.48. The van der Waals surface area contributed by atoms with Gasteiger partial charge in [-0.05, 0) is 25.5 Å². The van der Waals surface area contributed by atoms with Crippen LogP contribution in [-0.4, -0.2) is 17.7 Å². The monoisotopic (exact) mass is 350 g/mol. The molecule has 5 nitrogen and oxygen atoms in total. The summed E-state index contributed by atoms with van der Waals surface area (Å²) >= 11 is 0. The lowest BCUT2D eigenvalue weighted by Crippen LogP contribution is -2.13. The molecule has 0 spiro atoms. The maximum atomic E-state index is 12.6. The number of carbonyl (C=O) groups excluding carboxylic acids is 1. The van der Waals surface area contributed by atoms with Crippen LogP contribution in [0.15, 0.2) is 59.1 Å². The van der Waals surface area contributed by atoms with Crippen LogP contribution in [0.5, 0.6) is 5.75 Å². The van der Waals surface area contributed by atoms with Crippen LogP contribution in [0.4, 0.5) is 5.88 Å². The standard InChI is InChI=1S/C21H22N2O3/c1-3-4-13-25-19-8-6-5-7-17(19)21(24)22-20-14-18(23-26-20)16-11-9-15(2)10-12-16/h5-12,14H,3-4,13H2,1-2H3,(H,22,24). The van der Waals surface area contributed by atoms with Gasteiger partial charge in [-0.1, -0.05) is 60.5 Å². The smallest absolute Gasteiger partial charge is 0.261 e. The lowest BCUT2D eigenvalue weighted by molar-refractivity contribution is 0.102. The Morgan fingerprint density at radius 2 is 1.92 bits per heavy atom. The third-order valence-electron chi connectivity index (χ3n) is 3.98. The number of hydrogen-bond acceptors (Lipinski definition) is 4. The molecule has 0 aliphatic rings. The van der Waals surface area contributed by atoms with Gasteiger partial charge < -0.3 is 9.26 Å². The minimum absolute atomic E-state index is 0.288. The van der Waals surface area contributed by atoms with Gasteiger partial charge in [0.1, 0.15) is 11.4 Å². The van der Waals surface area contributed by atoms with Crippen molar-refractivity contribution < 1.29 is 14.1 Å². The summed E-state index contributed by atoms with van der Waals surface area (Å²) in [4.78, 5) is 12.6. The number of unbranched alkanes of at least 4 members (excludes halogenated alkanes) is 1. The molecule has 1 heterocycles. The molecule has 1 N–H and O–H groups in total. The lowest BCUT2D eigenvalue weighted by Gasteiger charge is -2.10. The zero-order valence-electron chi connectivity index (χ0n) is 15.0. The Labute approximate surface area is 153 Å². The molecule has 134 valence electrons. The molecule has 3 rings (SSSR count). The largest absolute Gasteiger partial charge is 0.493 e. The molecule has 0 fully saturated rings. The van der Waals surface area contributed by atoms with Gasteiger partial charge in [-0.3, -0.25) is 10.1 Å². The quantitative estimate of drug-likeness (QED) is 0.603. The highest BCUT2D eigenvalue weighted by molar-refractivity contribution is 6.05. The number of anilines is 1. The second-order valence-electron chi connectivity index (χ2n) is 6.09. The molecule has 0 atom stereocenters. The zero-order chi connectivity index (χ0) is 18.4. The highest BCUT2D eigenvalue weighted by atomic mass is 16.5. The second-order valence-corrected chi connectivity index (χ2v) is 6.09. The first-order valence-electron chi connectivity index (χ1n) is 8.74. The minimum Gasteiger partial charge on any atom is -0.493 e. The van der Waals surface area contributed by atoms with Gasteiger partial charge in [-0.2, -0.15) is 0 Å². The number of benzene rings is 2. The number of rotatable bonds is 7. The van der Waals surface area contributed by atoms with Crippen LogP contribution in [0, 0.1) is 6.92 Å². The van der Waals surface area contributed by atoms with Gasteiger partial charge in [0.2, 0.25) is 5.88 Å². The highest BCUT2D eigenvalue weighted by Gasteiger charge is 2.15. The van der Waals surface area contributed by atoms with E-state index in [1.165, 1.54) is 5.56 Å². The predicted molar refractivity (Wildman–Crippen MR) is 101 cm³/mol. The van der Waals surface area contributed by atoms with Crippen molar-refractivity contribution in [2.45, 2.75) is 26.7 Å². The summed E-state index contributed by atoms with van der Waals surface area (Å²) in [6, 6.07) is 16.8. The molecule has 0 aliphatic heterocycles. The number of ether oxygens (including phenoxy) is 1. The number of amides is 1. The number of aryl methyl sites for hydroxylation is 1. The Kier molecular flexibility index (Phi) is 5.69. The number of nitrogens with one attached hydrogen (secondary N) is 1. The van der Waals surface area contributed by atoms with Crippen molar-refractivity contribution in [2.24, 2.45) is 0 Å². The van der Waals surface area contributed by atoms with Crippen molar-refractivity contribution in [1.29, 1.82) is 0 Å². The Bertz CT molecular complexity index is 869. The van der Waals surface area contributed by atoms with Crippen molar-refractivity contribution in [3.63, 3.8) is 0 Å². The van der Waals surface area contributed by atoms with Crippen LogP contribution in [-0.2, 0) is 0 Å². The molecule has 26 heavy (non-hydrogen) atoms. The molecule has 0 aliphatic carbocycles. The van der Waals surface area contributed by atoms with Gasteiger partial charge in [0.15, 0.2) is 0 Å². The van der Waals surface area contributed by atoms with E-state index in [1.54, 1.807) is 24.3 Å². The summed E-state index contributed by atoms with van der Waals surface area (Å²) in [5.41, 5.74) is 3.25. The van der Waals surface area contributed by atoms with E-state index in [0.717, 1.165) is 18.4 Å². The molecule has 0 saturated heterocycles. The average molecular weight is 350 g/mol. The van der Waals surface area contributed by atoms with Gasteiger partial charge in [0.25, 0.3) is 5.91 Å². The van der Waals surface area contributed by atoms with Gasteiger partial charge in [-0.15, -0.1) is 0 Å². The summed E-state index contributed by atoms with van der Waals surface area (Å²) < 4.78 is 11.0. The van der Waals surface area contributed by atoms with E-state index in [1.807, 2.05) is 37.3 Å². The second kappa shape index (κ2) is 8.34. The fraction of sp³-hybridized carbons (Fsp3) is 0.238. The van der Waals surface area contributed by atoms with Crippen LogP contribution in [0.25, 0.3) is 11.3 Å². The lowest BCUT2D eigenvalue weighted by atomic mass is 10.1. The van der Waals surface area contributed by atoms with Crippen molar-refractivity contribution in [2.75, 3.05) is 11.9 Å². The number of hydrogen-bond donors (Lipinski definition) is 1. The van der Waals surface area contributed by atoms with E-state index in [9.17, 15) is 4.79 Å². The van der Waals surface area contributed by atoms with Crippen LogP contribution in [0.2, 0.25) is 0 Å². The number of aromatic nitrogens is 1. The van der Waals surface area contributed by atoms with Crippen LogP contribution < -0.4 is 10.1 Å². The normalized spacial score (nSPS) is 10.5. The van der Waals surface area contributed by atoms with Crippen LogP contribution in [0.3, 0.4) is 0 Å². The Morgan fingerprint density at radius 3 is 2.69 bits per heavy atom. The molecule has 1 amide bonds. The zero-order valence-corrected chi connectivity index (χ0v) is 15.0. The first kappa shape index (κ1) is 17.7. The number of carbonyl (C=O) groups is 1. The Hall–Kier alpha value is -3.08. The first-order chi connectivity index (χ1) is 12.7. The Morgan fingerprint density at radius 1 is 1.15 bits per heavy atom. The summed E-state index contributed by atoms with van der Waals surface area (Å²) in [6.45, 7) is 4.70.